The average Bonchev–Trinajstić information content (AvgIpc) is 2.73. The van der Waals surface area contributed by atoms with E-state index >= 15 is 0 Å². The minimum atomic E-state index is -0.162. The number of nitrogens with two attached hydrogens (primary N) is 1. The van der Waals surface area contributed by atoms with Gasteiger partial charge >= 0.3 is 0 Å². The molecular weight excluding hydrogens is 360 g/mol. The standard InChI is InChI=1S/C25H24N2O2/c1-3-18-8-10-19(11-9-18)14-24-25(28)27(16-20-7-5-4-6-17(20)2)22-13-12-21(26)15-23(22)29-24/h4-15H,3,16,26H2,1-2H3/b24-14+. The predicted molar refractivity (Wildman–Crippen MR) is 118 cm³/mol. The van der Waals surface area contributed by atoms with E-state index in [0.717, 1.165) is 28.8 Å². The zero-order chi connectivity index (χ0) is 20.4. The molecule has 0 spiro atoms. The van der Waals surface area contributed by atoms with Crippen molar-refractivity contribution >= 4 is 23.4 Å². The Hall–Kier alpha value is -3.53. The van der Waals surface area contributed by atoms with Crippen LogP contribution in [0.5, 0.6) is 5.75 Å². The van der Waals surface area contributed by atoms with Crippen LogP contribution >= 0.6 is 0 Å². The SMILES string of the molecule is CCc1ccc(/C=C2/Oc3cc(N)ccc3N(Cc3ccccc3C)C2=O)cc1. The number of carbonyl (C=O) groups is 1. The second-order valence-corrected chi connectivity index (χ2v) is 7.25. The molecular formula is C25H24N2O2. The number of hydrogen-bond acceptors (Lipinski definition) is 3. The lowest BCUT2D eigenvalue weighted by Crippen LogP contribution is -2.37. The maximum atomic E-state index is 13.3. The van der Waals surface area contributed by atoms with Gasteiger partial charge in [-0.15, -0.1) is 0 Å². The molecule has 1 aliphatic heterocycles. The lowest BCUT2D eigenvalue weighted by molar-refractivity contribution is -0.117. The van der Waals surface area contributed by atoms with E-state index in [1.54, 1.807) is 23.1 Å². The fourth-order valence-corrected chi connectivity index (χ4v) is 3.45. The van der Waals surface area contributed by atoms with Crippen LogP contribution in [0.25, 0.3) is 6.08 Å². The molecule has 0 bridgehead atoms. The van der Waals surface area contributed by atoms with Gasteiger partial charge in [0.15, 0.2) is 11.5 Å². The van der Waals surface area contributed by atoms with Gasteiger partial charge in [-0.3, -0.25) is 9.69 Å². The van der Waals surface area contributed by atoms with Gasteiger partial charge < -0.3 is 10.5 Å². The Balaban J connectivity index is 1.74. The highest BCUT2D eigenvalue weighted by molar-refractivity contribution is 6.10. The molecule has 2 N–H and O–H groups in total. The number of aryl methyl sites for hydroxylation is 2. The number of rotatable bonds is 4. The van der Waals surface area contributed by atoms with E-state index < -0.39 is 0 Å². The van der Waals surface area contributed by atoms with E-state index in [0.29, 0.717) is 23.7 Å². The van der Waals surface area contributed by atoms with Crippen LogP contribution in [0.15, 0.2) is 72.5 Å². The van der Waals surface area contributed by atoms with E-state index in [1.807, 2.05) is 36.4 Å². The lowest BCUT2D eigenvalue weighted by atomic mass is 10.1. The fourth-order valence-electron chi connectivity index (χ4n) is 3.45. The molecule has 4 rings (SSSR count). The first-order chi connectivity index (χ1) is 14.0. The third kappa shape index (κ3) is 3.87. The molecule has 0 radical (unpaired) electrons. The van der Waals surface area contributed by atoms with Crippen LogP contribution < -0.4 is 15.4 Å². The summed E-state index contributed by atoms with van der Waals surface area (Å²) in [5, 5.41) is 0. The van der Waals surface area contributed by atoms with Crippen LogP contribution in [-0.4, -0.2) is 5.91 Å². The van der Waals surface area contributed by atoms with Crippen LogP contribution in [0.4, 0.5) is 11.4 Å². The fraction of sp³-hybridized carbons (Fsp3) is 0.160. The van der Waals surface area contributed by atoms with Gasteiger partial charge in [0.1, 0.15) is 0 Å². The van der Waals surface area contributed by atoms with E-state index in [2.05, 4.69) is 32.0 Å². The van der Waals surface area contributed by atoms with Gasteiger partial charge in [-0.1, -0.05) is 55.5 Å². The molecule has 1 aliphatic rings. The Morgan fingerprint density at radius 1 is 1.03 bits per heavy atom. The van der Waals surface area contributed by atoms with Crippen LogP contribution in [0, 0.1) is 6.92 Å². The van der Waals surface area contributed by atoms with E-state index in [1.165, 1.54) is 5.56 Å². The molecule has 146 valence electrons. The van der Waals surface area contributed by atoms with Crippen LogP contribution in [-0.2, 0) is 17.8 Å². The summed E-state index contributed by atoms with van der Waals surface area (Å²) >= 11 is 0. The van der Waals surface area contributed by atoms with E-state index in [4.69, 9.17) is 10.5 Å². The molecule has 1 heterocycles. The quantitative estimate of drug-likeness (QED) is 0.502. The summed E-state index contributed by atoms with van der Waals surface area (Å²) in [7, 11) is 0. The summed E-state index contributed by atoms with van der Waals surface area (Å²) < 4.78 is 5.97. The molecule has 0 aromatic heterocycles. The molecule has 0 fully saturated rings. The molecule has 1 amide bonds. The van der Waals surface area contributed by atoms with E-state index in [9.17, 15) is 4.79 Å². The van der Waals surface area contributed by atoms with Crippen molar-refractivity contribution in [1.29, 1.82) is 0 Å². The van der Waals surface area contributed by atoms with Gasteiger partial charge in [-0.25, -0.2) is 0 Å². The zero-order valence-corrected chi connectivity index (χ0v) is 16.7. The number of anilines is 2. The first-order valence-electron chi connectivity index (χ1n) is 9.79. The molecule has 29 heavy (non-hydrogen) atoms. The molecule has 0 saturated carbocycles. The molecule has 3 aromatic carbocycles. The molecule has 3 aromatic rings. The van der Waals surface area contributed by atoms with Crippen molar-refractivity contribution in [1.82, 2.24) is 0 Å². The minimum absolute atomic E-state index is 0.162. The van der Waals surface area contributed by atoms with Crippen molar-refractivity contribution in [3.8, 4) is 5.75 Å². The van der Waals surface area contributed by atoms with Crippen LogP contribution in [0.1, 0.15) is 29.2 Å². The Morgan fingerprint density at radius 3 is 2.52 bits per heavy atom. The summed E-state index contributed by atoms with van der Waals surface area (Å²) in [5.41, 5.74) is 11.7. The van der Waals surface area contributed by atoms with Gasteiger partial charge in [0.2, 0.25) is 0 Å². The summed E-state index contributed by atoms with van der Waals surface area (Å²) in [4.78, 5) is 15.1. The van der Waals surface area contributed by atoms with Gasteiger partial charge in [-0.05, 0) is 53.8 Å². The van der Waals surface area contributed by atoms with Crippen molar-refractivity contribution in [3.63, 3.8) is 0 Å². The molecule has 4 heteroatoms. The highest BCUT2D eigenvalue weighted by atomic mass is 16.5. The average molecular weight is 384 g/mol. The van der Waals surface area contributed by atoms with Crippen LogP contribution in [0.3, 0.4) is 0 Å². The number of benzene rings is 3. The summed E-state index contributed by atoms with van der Waals surface area (Å²) in [6.45, 7) is 4.64. The van der Waals surface area contributed by atoms with Crippen molar-refractivity contribution in [2.75, 3.05) is 10.6 Å². The van der Waals surface area contributed by atoms with Gasteiger partial charge in [-0.2, -0.15) is 0 Å². The van der Waals surface area contributed by atoms with Crippen molar-refractivity contribution < 1.29 is 9.53 Å². The highest BCUT2D eigenvalue weighted by Crippen LogP contribution is 2.38. The predicted octanol–water partition coefficient (Wildman–Crippen LogP) is 5.11. The Morgan fingerprint density at radius 2 is 1.79 bits per heavy atom. The molecule has 0 unspecified atom stereocenters. The van der Waals surface area contributed by atoms with Crippen molar-refractivity contribution in [3.05, 3.63) is 94.7 Å². The smallest absolute Gasteiger partial charge is 0.294 e. The Labute approximate surface area is 171 Å². The second-order valence-electron chi connectivity index (χ2n) is 7.25. The number of nitrogens with zero attached hydrogens (tertiary/aromatic N) is 1. The van der Waals surface area contributed by atoms with Crippen molar-refractivity contribution in [2.45, 2.75) is 26.8 Å². The maximum Gasteiger partial charge on any atom is 0.294 e. The number of carbonyl (C=O) groups excluding carboxylic acids is 1. The van der Waals surface area contributed by atoms with Gasteiger partial charge in [0.05, 0.1) is 12.2 Å². The Kier molecular flexibility index (Phi) is 5.09. The normalized spacial score (nSPS) is 14.6. The number of hydrogen-bond donors (Lipinski definition) is 1. The maximum absolute atomic E-state index is 13.3. The molecule has 0 aliphatic carbocycles. The lowest BCUT2D eigenvalue weighted by Gasteiger charge is -2.31. The largest absolute Gasteiger partial charge is 0.449 e. The minimum Gasteiger partial charge on any atom is -0.449 e. The topological polar surface area (TPSA) is 55.6 Å². The monoisotopic (exact) mass is 384 g/mol. The first-order valence-corrected chi connectivity index (χ1v) is 9.79. The number of fused-ring (bicyclic) bond motifs is 1. The van der Waals surface area contributed by atoms with Gasteiger partial charge in [0.25, 0.3) is 5.91 Å². The Bertz CT molecular complexity index is 1080. The van der Waals surface area contributed by atoms with Gasteiger partial charge in [0, 0.05) is 11.8 Å². The summed E-state index contributed by atoms with van der Waals surface area (Å²) in [6.07, 6.45) is 2.77. The molecule has 0 atom stereocenters. The third-order valence-corrected chi connectivity index (χ3v) is 5.23. The summed E-state index contributed by atoms with van der Waals surface area (Å²) in [6, 6.07) is 21.6. The third-order valence-electron chi connectivity index (χ3n) is 5.23. The number of ether oxygens (including phenoxy) is 1. The number of nitrogen functional groups attached to an aromatic ring is 1. The van der Waals surface area contributed by atoms with Crippen LogP contribution in [0.2, 0.25) is 0 Å². The first kappa shape index (κ1) is 18.8. The second kappa shape index (κ2) is 7.84. The number of amides is 1. The zero-order valence-electron chi connectivity index (χ0n) is 16.7. The summed E-state index contributed by atoms with van der Waals surface area (Å²) in [5.74, 6) is 0.723. The van der Waals surface area contributed by atoms with Crippen molar-refractivity contribution in [2.24, 2.45) is 0 Å². The molecule has 4 nitrogen and oxygen atoms in total. The molecule has 0 saturated heterocycles. The highest BCUT2D eigenvalue weighted by Gasteiger charge is 2.30. The van der Waals surface area contributed by atoms with E-state index in [-0.39, 0.29) is 5.91 Å².